The second kappa shape index (κ2) is 38.7. The number of esters is 1. The Hall–Kier alpha value is -0.810. The molecule has 1 aliphatic rings. The van der Waals surface area contributed by atoms with E-state index in [2.05, 4.69) is 13.8 Å². The van der Waals surface area contributed by atoms with Crippen LogP contribution in [-0.4, -0.2) is 89.6 Å². The highest BCUT2D eigenvalue weighted by atomic mass is 16.7. The van der Waals surface area contributed by atoms with E-state index in [1.807, 2.05) is 0 Å². The van der Waals surface area contributed by atoms with Gasteiger partial charge in [0.25, 0.3) is 0 Å². The normalized spacial score (nSPS) is 20.6. The molecule has 0 amide bonds. The Labute approximate surface area is 338 Å². The van der Waals surface area contributed by atoms with E-state index in [0.717, 1.165) is 32.1 Å². The van der Waals surface area contributed by atoms with Crippen molar-refractivity contribution in [2.24, 2.45) is 0 Å². The number of unbranched alkanes of at least 4 members (excludes halogenated alkanes) is 30. The number of aliphatic hydroxyl groups is 4. The molecule has 1 saturated heterocycles. The lowest BCUT2D eigenvalue weighted by atomic mass is 9.99. The molecule has 0 saturated carbocycles. The van der Waals surface area contributed by atoms with Crippen LogP contribution < -0.4 is 0 Å². The zero-order chi connectivity index (χ0) is 40.0. The summed E-state index contributed by atoms with van der Waals surface area (Å²) in [6.45, 7) is 4.60. The Balaban J connectivity index is 2.16. The third-order valence-electron chi connectivity index (χ3n) is 11.3. The van der Waals surface area contributed by atoms with Crippen LogP contribution >= 0.6 is 0 Å². The summed E-state index contributed by atoms with van der Waals surface area (Å²) in [5.41, 5.74) is 0. The summed E-state index contributed by atoms with van der Waals surface area (Å²) in [5.74, 6) is -0.307. The maximum Gasteiger partial charge on any atom is 0.306 e. The maximum atomic E-state index is 12.8. The molecule has 0 bridgehead atoms. The molecular formula is C46H90O9. The molecule has 1 aliphatic heterocycles. The van der Waals surface area contributed by atoms with Crippen LogP contribution in [0.15, 0.2) is 0 Å². The van der Waals surface area contributed by atoms with Crippen molar-refractivity contribution in [2.75, 3.05) is 26.4 Å². The van der Waals surface area contributed by atoms with Gasteiger partial charge in [0.1, 0.15) is 30.5 Å². The molecule has 0 aromatic heterocycles. The van der Waals surface area contributed by atoms with Crippen molar-refractivity contribution in [1.29, 1.82) is 0 Å². The lowest BCUT2D eigenvalue weighted by Crippen LogP contribution is -2.59. The van der Waals surface area contributed by atoms with Gasteiger partial charge in [-0.2, -0.15) is 0 Å². The standard InChI is InChI=1S/C46H90O9/c1-3-5-7-9-11-13-15-16-17-18-19-20-21-22-23-24-25-26-27-29-31-33-35-42(48)54-40(38-52-36-34-32-30-28-14-12-10-8-6-4-2)39-53-46-45(51)44(50)43(49)41(37-47)55-46/h40-41,43-47,49-51H,3-39H2,1-2H3. The van der Waals surface area contributed by atoms with Gasteiger partial charge >= 0.3 is 5.97 Å². The fourth-order valence-electron chi connectivity index (χ4n) is 7.55. The molecule has 9 nitrogen and oxygen atoms in total. The minimum Gasteiger partial charge on any atom is -0.457 e. The SMILES string of the molecule is CCCCCCCCCCCCCCCCCCCCCCCCC(=O)OC(COCCCCCCCCCCCC)COC1OC(CO)C(O)C(O)C1O. The van der Waals surface area contributed by atoms with Crippen molar-refractivity contribution in [3.8, 4) is 0 Å². The molecule has 0 aromatic rings. The van der Waals surface area contributed by atoms with Gasteiger partial charge in [0, 0.05) is 13.0 Å². The Morgan fingerprint density at radius 1 is 0.509 bits per heavy atom. The van der Waals surface area contributed by atoms with Gasteiger partial charge in [-0.1, -0.05) is 206 Å². The predicted octanol–water partition coefficient (Wildman–Crippen LogP) is 10.6. The summed E-state index contributed by atoms with van der Waals surface area (Å²) in [7, 11) is 0. The van der Waals surface area contributed by atoms with E-state index < -0.39 is 43.4 Å². The topological polar surface area (TPSA) is 135 Å². The van der Waals surface area contributed by atoms with E-state index in [0.29, 0.717) is 13.0 Å². The van der Waals surface area contributed by atoms with Crippen molar-refractivity contribution >= 4 is 5.97 Å². The van der Waals surface area contributed by atoms with E-state index in [1.165, 1.54) is 173 Å². The van der Waals surface area contributed by atoms with Crippen molar-refractivity contribution in [3.05, 3.63) is 0 Å². The highest BCUT2D eigenvalue weighted by molar-refractivity contribution is 5.69. The minimum absolute atomic E-state index is 0.105. The molecule has 1 fully saturated rings. The highest BCUT2D eigenvalue weighted by Crippen LogP contribution is 2.23. The van der Waals surface area contributed by atoms with Crippen molar-refractivity contribution in [2.45, 2.75) is 263 Å². The lowest BCUT2D eigenvalue weighted by molar-refractivity contribution is -0.305. The number of aliphatic hydroxyl groups excluding tert-OH is 4. The average molecular weight is 787 g/mol. The van der Waals surface area contributed by atoms with Gasteiger partial charge < -0.3 is 39.4 Å². The Bertz CT molecular complexity index is 812. The zero-order valence-electron chi connectivity index (χ0n) is 36.0. The number of hydrogen-bond acceptors (Lipinski definition) is 9. The van der Waals surface area contributed by atoms with Gasteiger partial charge in [-0.05, 0) is 12.8 Å². The van der Waals surface area contributed by atoms with Gasteiger partial charge in [0.15, 0.2) is 6.29 Å². The molecular weight excluding hydrogens is 696 g/mol. The first-order valence-electron chi connectivity index (χ1n) is 23.6. The fourth-order valence-corrected chi connectivity index (χ4v) is 7.55. The highest BCUT2D eigenvalue weighted by Gasteiger charge is 2.44. The van der Waals surface area contributed by atoms with Crippen LogP contribution in [0.25, 0.3) is 0 Å². The average Bonchev–Trinajstić information content (AvgIpc) is 3.18. The fraction of sp³-hybridized carbons (Fsp3) is 0.978. The second-order valence-electron chi connectivity index (χ2n) is 16.6. The molecule has 1 rings (SSSR count). The van der Waals surface area contributed by atoms with Gasteiger partial charge in [0.05, 0.1) is 19.8 Å². The first kappa shape index (κ1) is 52.2. The molecule has 328 valence electrons. The van der Waals surface area contributed by atoms with Crippen LogP contribution in [-0.2, 0) is 23.7 Å². The Morgan fingerprint density at radius 2 is 0.891 bits per heavy atom. The minimum atomic E-state index is -1.53. The van der Waals surface area contributed by atoms with Gasteiger partial charge in [-0.15, -0.1) is 0 Å². The molecule has 4 N–H and O–H groups in total. The summed E-state index contributed by atoms with van der Waals surface area (Å²) in [5, 5.41) is 40.1. The summed E-state index contributed by atoms with van der Waals surface area (Å²) < 4.78 is 22.8. The number of ether oxygens (including phenoxy) is 4. The first-order chi connectivity index (χ1) is 26.9. The molecule has 6 atom stereocenters. The van der Waals surface area contributed by atoms with E-state index in [1.54, 1.807) is 0 Å². The van der Waals surface area contributed by atoms with Gasteiger partial charge in [0.2, 0.25) is 0 Å². The van der Waals surface area contributed by atoms with Crippen molar-refractivity contribution in [3.63, 3.8) is 0 Å². The largest absolute Gasteiger partial charge is 0.457 e. The Morgan fingerprint density at radius 3 is 1.29 bits per heavy atom. The molecule has 0 aliphatic carbocycles. The monoisotopic (exact) mass is 787 g/mol. The van der Waals surface area contributed by atoms with Crippen LogP contribution in [0.3, 0.4) is 0 Å². The summed E-state index contributed by atoms with van der Waals surface area (Å²) in [4.78, 5) is 12.8. The smallest absolute Gasteiger partial charge is 0.306 e. The van der Waals surface area contributed by atoms with Crippen molar-refractivity contribution < 1.29 is 44.2 Å². The van der Waals surface area contributed by atoms with Crippen LogP contribution in [0.4, 0.5) is 0 Å². The predicted molar refractivity (Wildman–Crippen MR) is 224 cm³/mol. The van der Waals surface area contributed by atoms with Crippen LogP contribution in [0.1, 0.15) is 226 Å². The molecule has 6 unspecified atom stereocenters. The molecule has 1 heterocycles. The van der Waals surface area contributed by atoms with E-state index >= 15 is 0 Å². The van der Waals surface area contributed by atoms with E-state index in [9.17, 15) is 25.2 Å². The summed E-state index contributed by atoms with van der Waals surface area (Å²) in [6, 6.07) is 0. The van der Waals surface area contributed by atoms with Crippen LogP contribution in [0.2, 0.25) is 0 Å². The quantitative estimate of drug-likeness (QED) is 0.0353. The van der Waals surface area contributed by atoms with Crippen LogP contribution in [0.5, 0.6) is 0 Å². The summed E-state index contributed by atoms with van der Waals surface area (Å²) in [6.07, 6.45) is 34.3. The number of rotatable bonds is 41. The maximum absolute atomic E-state index is 12.8. The molecule has 0 spiro atoms. The van der Waals surface area contributed by atoms with E-state index in [-0.39, 0.29) is 19.2 Å². The first-order valence-corrected chi connectivity index (χ1v) is 23.6. The number of hydrogen-bond donors (Lipinski definition) is 4. The van der Waals surface area contributed by atoms with Gasteiger partial charge in [-0.3, -0.25) is 4.79 Å². The number of carbonyl (C=O) groups is 1. The molecule has 9 heteroatoms. The third-order valence-corrected chi connectivity index (χ3v) is 11.3. The Kier molecular flexibility index (Phi) is 36.7. The molecule has 0 aromatic carbocycles. The summed E-state index contributed by atoms with van der Waals surface area (Å²) >= 11 is 0. The molecule has 55 heavy (non-hydrogen) atoms. The lowest BCUT2D eigenvalue weighted by Gasteiger charge is -2.39. The van der Waals surface area contributed by atoms with Gasteiger partial charge in [-0.25, -0.2) is 0 Å². The molecule has 0 radical (unpaired) electrons. The second-order valence-corrected chi connectivity index (χ2v) is 16.6. The number of carbonyl (C=O) groups excluding carboxylic acids is 1. The third kappa shape index (κ3) is 30.0. The van der Waals surface area contributed by atoms with Crippen LogP contribution in [0, 0.1) is 0 Å². The van der Waals surface area contributed by atoms with E-state index in [4.69, 9.17) is 18.9 Å². The zero-order valence-corrected chi connectivity index (χ0v) is 36.0. The van der Waals surface area contributed by atoms with Crippen molar-refractivity contribution in [1.82, 2.24) is 0 Å².